The number of ether oxygens (including phenoxy) is 1. The Bertz CT molecular complexity index is 654. The molecule has 1 aromatic heterocycles. The Kier molecular flexibility index (Phi) is 4.61. The van der Waals surface area contributed by atoms with E-state index in [0.29, 0.717) is 18.7 Å². The molecule has 0 bridgehead atoms. The summed E-state index contributed by atoms with van der Waals surface area (Å²) in [7, 11) is 0. The second kappa shape index (κ2) is 6.27. The van der Waals surface area contributed by atoms with Gasteiger partial charge in [0.05, 0.1) is 23.6 Å². The summed E-state index contributed by atoms with van der Waals surface area (Å²) >= 11 is 0. The number of carbonyl (C=O) groups is 1. The first-order valence-electron chi connectivity index (χ1n) is 7.31. The van der Waals surface area contributed by atoms with E-state index in [-0.39, 0.29) is 11.4 Å². The van der Waals surface area contributed by atoms with E-state index in [9.17, 15) is 4.79 Å². The molecule has 2 N–H and O–H groups in total. The summed E-state index contributed by atoms with van der Waals surface area (Å²) in [5.74, 6) is -0.327. The molecule has 0 amide bonds. The van der Waals surface area contributed by atoms with Crippen molar-refractivity contribution in [2.24, 2.45) is 5.73 Å². The molecular weight excluding hydrogens is 280 g/mol. The summed E-state index contributed by atoms with van der Waals surface area (Å²) in [5, 5.41) is 8.37. The first kappa shape index (κ1) is 16.2. The molecule has 0 saturated heterocycles. The number of aromatic nitrogens is 3. The Labute approximate surface area is 130 Å². The van der Waals surface area contributed by atoms with Crippen molar-refractivity contribution in [2.75, 3.05) is 6.61 Å². The smallest absolute Gasteiger partial charge is 0.338 e. The molecule has 22 heavy (non-hydrogen) atoms. The van der Waals surface area contributed by atoms with Crippen LogP contribution < -0.4 is 5.73 Å². The fourth-order valence-corrected chi connectivity index (χ4v) is 2.33. The minimum atomic E-state index is -0.327. The first-order valence-corrected chi connectivity index (χ1v) is 7.31. The maximum atomic E-state index is 11.7. The quantitative estimate of drug-likeness (QED) is 0.875. The van der Waals surface area contributed by atoms with Gasteiger partial charge in [0.25, 0.3) is 0 Å². The Morgan fingerprint density at radius 2 is 1.91 bits per heavy atom. The molecule has 0 atom stereocenters. The lowest BCUT2D eigenvalue weighted by atomic mass is 9.90. The largest absolute Gasteiger partial charge is 0.462 e. The summed E-state index contributed by atoms with van der Waals surface area (Å²) in [5.41, 5.74) is 8.72. The summed E-state index contributed by atoms with van der Waals surface area (Å²) in [4.78, 5) is 11.7. The number of carbonyl (C=O) groups excluding carboxylic acids is 1. The fourth-order valence-electron chi connectivity index (χ4n) is 2.33. The topological polar surface area (TPSA) is 83.0 Å². The van der Waals surface area contributed by atoms with Crippen LogP contribution in [0.2, 0.25) is 0 Å². The molecule has 2 aromatic rings. The van der Waals surface area contributed by atoms with Crippen molar-refractivity contribution < 1.29 is 9.53 Å². The Morgan fingerprint density at radius 3 is 2.41 bits per heavy atom. The maximum absolute atomic E-state index is 11.7. The van der Waals surface area contributed by atoms with Gasteiger partial charge in [-0.05, 0) is 31.2 Å². The van der Waals surface area contributed by atoms with E-state index in [1.807, 2.05) is 12.1 Å². The second-order valence-electron chi connectivity index (χ2n) is 6.02. The lowest BCUT2D eigenvalue weighted by molar-refractivity contribution is 0.0526. The van der Waals surface area contributed by atoms with Gasteiger partial charge in [0.2, 0.25) is 0 Å². The van der Waals surface area contributed by atoms with Crippen LogP contribution in [0.5, 0.6) is 0 Å². The first-order chi connectivity index (χ1) is 10.4. The second-order valence-corrected chi connectivity index (χ2v) is 6.02. The van der Waals surface area contributed by atoms with Crippen LogP contribution in [-0.4, -0.2) is 27.6 Å². The molecule has 0 aliphatic heterocycles. The van der Waals surface area contributed by atoms with Gasteiger partial charge in [0.15, 0.2) is 0 Å². The van der Waals surface area contributed by atoms with Crippen LogP contribution in [0.4, 0.5) is 0 Å². The van der Waals surface area contributed by atoms with E-state index in [4.69, 9.17) is 10.5 Å². The van der Waals surface area contributed by atoms with Crippen LogP contribution in [0.15, 0.2) is 24.3 Å². The van der Waals surface area contributed by atoms with E-state index in [0.717, 1.165) is 17.1 Å². The molecule has 0 saturated carbocycles. The number of hydrogen-bond donors (Lipinski definition) is 1. The van der Waals surface area contributed by atoms with Gasteiger partial charge in [-0.1, -0.05) is 26.0 Å². The molecule has 0 aliphatic rings. The zero-order valence-corrected chi connectivity index (χ0v) is 13.5. The minimum absolute atomic E-state index is 0.141. The zero-order valence-electron chi connectivity index (χ0n) is 13.5. The molecule has 0 aliphatic carbocycles. The molecule has 6 heteroatoms. The number of benzene rings is 1. The molecule has 1 aromatic carbocycles. The molecule has 0 radical (unpaired) electrons. The van der Waals surface area contributed by atoms with Crippen molar-refractivity contribution in [2.45, 2.75) is 39.7 Å². The highest BCUT2D eigenvalue weighted by atomic mass is 16.5. The van der Waals surface area contributed by atoms with Crippen LogP contribution in [0.3, 0.4) is 0 Å². The van der Waals surface area contributed by atoms with Gasteiger partial charge in [-0.2, -0.15) is 0 Å². The summed E-state index contributed by atoms with van der Waals surface area (Å²) in [6, 6.07) is 7.11. The van der Waals surface area contributed by atoms with E-state index in [1.54, 1.807) is 23.7 Å². The van der Waals surface area contributed by atoms with Gasteiger partial charge in [0, 0.05) is 12.0 Å². The fraction of sp³-hybridized carbons (Fsp3) is 0.438. The van der Waals surface area contributed by atoms with Crippen molar-refractivity contribution in [3.05, 3.63) is 41.2 Å². The predicted octanol–water partition coefficient (Wildman–Crippen LogP) is 2.20. The van der Waals surface area contributed by atoms with Gasteiger partial charge in [-0.3, -0.25) is 0 Å². The summed E-state index contributed by atoms with van der Waals surface area (Å²) < 4.78 is 6.76. The van der Waals surface area contributed by atoms with E-state index < -0.39 is 0 Å². The number of nitrogens with zero attached hydrogens (tertiary/aromatic N) is 3. The van der Waals surface area contributed by atoms with Crippen LogP contribution >= 0.6 is 0 Å². The third kappa shape index (κ3) is 3.17. The lowest BCUT2D eigenvalue weighted by Gasteiger charge is -2.21. The van der Waals surface area contributed by atoms with Gasteiger partial charge >= 0.3 is 5.97 Å². The van der Waals surface area contributed by atoms with Gasteiger partial charge < -0.3 is 10.5 Å². The highest BCUT2D eigenvalue weighted by Gasteiger charge is 2.25. The van der Waals surface area contributed by atoms with Crippen LogP contribution in [-0.2, 0) is 16.7 Å². The Balaban J connectivity index is 2.41. The highest BCUT2D eigenvalue weighted by molar-refractivity contribution is 5.89. The number of nitrogens with two attached hydrogens (primary N) is 1. The van der Waals surface area contributed by atoms with E-state index in [1.165, 1.54) is 0 Å². The third-order valence-corrected chi connectivity index (χ3v) is 3.27. The SMILES string of the molecule is CCOC(=O)c1ccc(-n2nnc(CN)c2C(C)(C)C)cc1. The van der Waals surface area contributed by atoms with Crippen molar-refractivity contribution in [1.82, 2.24) is 15.0 Å². The van der Waals surface area contributed by atoms with Crippen LogP contribution in [0, 0.1) is 0 Å². The van der Waals surface area contributed by atoms with E-state index in [2.05, 4.69) is 31.1 Å². The van der Waals surface area contributed by atoms with Gasteiger partial charge in [0.1, 0.15) is 5.69 Å². The molecule has 0 spiro atoms. The summed E-state index contributed by atoms with van der Waals surface area (Å²) in [6.07, 6.45) is 0. The van der Waals surface area contributed by atoms with E-state index >= 15 is 0 Å². The van der Waals surface area contributed by atoms with Gasteiger partial charge in [-0.15, -0.1) is 5.10 Å². The molecule has 0 unspecified atom stereocenters. The Hall–Kier alpha value is -2.21. The highest BCUT2D eigenvalue weighted by Crippen LogP contribution is 2.27. The average molecular weight is 302 g/mol. The number of esters is 1. The lowest BCUT2D eigenvalue weighted by Crippen LogP contribution is -2.20. The molecule has 1 heterocycles. The van der Waals surface area contributed by atoms with Crippen molar-refractivity contribution in [1.29, 1.82) is 0 Å². The van der Waals surface area contributed by atoms with Crippen molar-refractivity contribution in [3.63, 3.8) is 0 Å². The number of hydrogen-bond acceptors (Lipinski definition) is 5. The van der Waals surface area contributed by atoms with Crippen molar-refractivity contribution in [3.8, 4) is 5.69 Å². The molecule has 118 valence electrons. The Morgan fingerprint density at radius 1 is 1.27 bits per heavy atom. The van der Waals surface area contributed by atoms with Crippen molar-refractivity contribution >= 4 is 5.97 Å². The molecule has 6 nitrogen and oxygen atoms in total. The molecular formula is C16H22N4O2. The zero-order chi connectivity index (χ0) is 16.3. The maximum Gasteiger partial charge on any atom is 0.338 e. The average Bonchev–Trinajstić information content (AvgIpc) is 2.91. The third-order valence-electron chi connectivity index (χ3n) is 3.27. The standard InChI is InChI=1S/C16H22N4O2/c1-5-22-15(21)11-6-8-12(9-7-11)20-14(16(2,3)4)13(10-17)18-19-20/h6-9H,5,10,17H2,1-4H3. The minimum Gasteiger partial charge on any atom is -0.462 e. The van der Waals surface area contributed by atoms with Gasteiger partial charge in [-0.25, -0.2) is 9.48 Å². The summed E-state index contributed by atoms with van der Waals surface area (Å²) in [6.45, 7) is 8.76. The normalized spacial score (nSPS) is 11.5. The monoisotopic (exact) mass is 302 g/mol. The molecule has 2 rings (SSSR count). The van der Waals surface area contributed by atoms with Crippen LogP contribution in [0.1, 0.15) is 49.4 Å². The molecule has 0 fully saturated rings. The van der Waals surface area contributed by atoms with Crippen LogP contribution in [0.25, 0.3) is 5.69 Å². The number of rotatable bonds is 4. The predicted molar refractivity (Wildman–Crippen MR) is 83.9 cm³/mol.